The molecule has 2 aromatic rings. The summed E-state index contributed by atoms with van der Waals surface area (Å²) in [4.78, 5) is 8.22. The number of nitrogens with one attached hydrogen (secondary N) is 2. The Morgan fingerprint density at radius 3 is 2.74 bits per heavy atom. The van der Waals surface area contributed by atoms with Gasteiger partial charge >= 0.3 is 0 Å². The zero-order chi connectivity index (χ0) is 13.7. The Balaban J connectivity index is 2.11. The molecule has 0 spiro atoms. The van der Waals surface area contributed by atoms with Gasteiger partial charge in [-0.25, -0.2) is 13.8 Å². The quantitative estimate of drug-likeness (QED) is 0.869. The average molecular weight is 264 g/mol. The van der Waals surface area contributed by atoms with E-state index in [2.05, 4.69) is 27.5 Å². The first-order chi connectivity index (χ1) is 9.19. The molecule has 100 valence electrons. The van der Waals surface area contributed by atoms with Crippen LogP contribution in [0.4, 0.5) is 26.2 Å². The van der Waals surface area contributed by atoms with Crippen LogP contribution in [0, 0.1) is 11.6 Å². The maximum absolute atomic E-state index is 13.1. The van der Waals surface area contributed by atoms with Crippen molar-refractivity contribution >= 4 is 17.5 Å². The van der Waals surface area contributed by atoms with E-state index in [1.807, 2.05) is 0 Å². The van der Waals surface area contributed by atoms with Crippen LogP contribution in [-0.2, 0) is 0 Å². The van der Waals surface area contributed by atoms with Crippen molar-refractivity contribution in [2.75, 3.05) is 17.2 Å². The van der Waals surface area contributed by atoms with Crippen molar-refractivity contribution in [1.29, 1.82) is 0 Å². The fourth-order valence-electron chi connectivity index (χ4n) is 1.47. The van der Waals surface area contributed by atoms with Gasteiger partial charge in [0.1, 0.15) is 5.82 Å². The lowest BCUT2D eigenvalue weighted by molar-refractivity contribution is 0.509. The standard InChI is InChI=1S/C13H14F2N4/c1-2-6-16-12-5-7-17-13(19-12)18-9-3-4-10(14)11(15)8-9/h3-5,7-8H,2,6H2,1H3,(H2,16,17,18,19). The van der Waals surface area contributed by atoms with E-state index in [4.69, 9.17) is 0 Å². The molecule has 19 heavy (non-hydrogen) atoms. The fraction of sp³-hybridized carbons (Fsp3) is 0.231. The normalized spacial score (nSPS) is 10.3. The number of hydrogen-bond donors (Lipinski definition) is 2. The minimum Gasteiger partial charge on any atom is -0.370 e. The summed E-state index contributed by atoms with van der Waals surface area (Å²) >= 11 is 0. The molecule has 0 atom stereocenters. The monoisotopic (exact) mass is 264 g/mol. The number of nitrogens with zero attached hydrogens (tertiary/aromatic N) is 2. The van der Waals surface area contributed by atoms with Crippen LogP contribution in [-0.4, -0.2) is 16.5 Å². The van der Waals surface area contributed by atoms with Gasteiger partial charge in [-0.15, -0.1) is 0 Å². The van der Waals surface area contributed by atoms with Gasteiger partial charge in [-0.2, -0.15) is 4.98 Å². The molecule has 1 aromatic carbocycles. The topological polar surface area (TPSA) is 49.8 Å². The Hall–Kier alpha value is -2.24. The Kier molecular flexibility index (Phi) is 4.22. The van der Waals surface area contributed by atoms with Gasteiger partial charge < -0.3 is 10.6 Å². The third-order valence-corrected chi connectivity index (χ3v) is 2.39. The maximum atomic E-state index is 13.1. The lowest BCUT2D eigenvalue weighted by Crippen LogP contribution is -2.04. The van der Waals surface area contributed by atoms with Gasteiger partial charge in [0.15, 0.2) is 11.6 Å². The van der Waals surface area contributed by atoms with Crippen LogP contribution in [0.5, 0.6) is 0 Å². The molecule has 0 amide bonds. The highest BCUT2D eigenvalue weighted by Gasteiger charge is 2.04. The molecule has 0 aliphatic carbocycles. The second-order valence-corrected chi connectivity index (χ2v) is 3.95. The van der Waals surface area contributed by atoms with Gasteiger partial charge in [-0.1, -0.05) is 6.92 Å². The second kappa shape index (κ2) is 6.08. The molecule has 0 aliphatic rings. The molecule has 0 saturated heterocycles. The van der Waals surface area contributed by atoms with Crippen molar-refractivity contribution in [3.8, 4) is 0 Å². The number of benzene rings is 1. The van der Waals surface area contributed by atoms with Crippen LogP contribution in [0.3, 0.4) is 0 Å². The van der Waals surface area contributed by atoms with E-state index >= 15 is 0 Å². The molecular formula is C13H14F2N4. The minimum absolute atomic E-state index is 0.326. The average Bonchev–Trinajstić information content (AvgIpc) is 2.41. The Bertz CT molecular complexity index is 560. The van der Waals surface area contributed by atoms with Gasteiger partial charge in [0.25, 0.3) is 0 Å². The first-order valence-electron chi connectivity index (χ1n) is 5.98. The fourth-order valence-corrected chi connectivity index (χ4v) is 1.47. The molecule has 6 heteroatoms. The van der Waals surface area contributed by atoms with E-state index < -0.39 is 11.6 Å². The molecule has 4 nitrogen and oxygen atoms in total. The molecule has 0 aliphatic heterocycles. The van der Waals surface area contributed by atoms with Crippen LogP contribution in [0.1, 0.15) is 13.3 Å². The zero-order valence-corrected chi connectivity index (χ0v) is 10.5. The van der Waals surface area contributed by atoms with E-state index in [9.17, 15) is 8.78 Å². The number of hydrogen-bond acceptors (Lipinski definition) is 4. The number of aromatic nitrogens is 2. The Morgan fingerprint density at radius 2 is 2.00 bits per heavy atom. The van der Waals surface area contributed by atoms with Crippen molar-refractivity contribution in [3.63, 3.8) is 0 Å². The Morgan fingerprint density at radius 1 is 1.16 bits per heavy atom. The summed E-state index contributed by atoms with van der Waals surface area (Å²) in [6, 6.07) is 5.28. The van der Waals surface area contributed by atoms with Crippen LogP contribution in [0.15, 0.2) is 30.5 Å². The van der Waals surface area contributed by atoms with Crippen LogP contribution in [0.25, 0.3) is 0 Å². The predicted molar refractivity (Wildman–Crippen MR) is 70.5 cm³/mol. The third-order valence-electron chi connectivity index (χ3n) is 2.39. The summed E-state index contributed by atoms with van der Waals surface area (Å²) < 4.78 is 25.9. The van der Waals surface area contributed by atoms with Crippen molar-refractivity contribution in [1.82, 2.24) is 9.97 Å². The molecule has 0 saturated carbocycles. The van der Waals surface area contributed by atoms with Crippen molar-refractivity contribution < 1.29 is 8.78 Å². The second-order valence-electron chi connectivity index (χ2n) is 3.95. The van der Waals surface area contributed by atoms with Crippen LogP contribution in [0.2, 0.25) is 0 Å². The van der Waals surface area contributed by atoms with Crippen LogP contribution >= 0.6 is 0 Å². The molecule has 0 fully saturated rings. The highest BCUT2D eigenvalue weighted by molar-refractivity contribution is 5.54. The lowest BCUT2D eigenvalue weighted by Gasteiger charge is -2.07. The minimum atomic E-state index is -0.912. The summed E-state index contributed by atoms with van der Waals surface area (Å²) in [5.74, 6) is -0.788. The third kappa shape index (κ3) is 3.61. The van der Waals surface area contributed by atoms with E-state index in [0.717, 1.165) is 25.1 Å². The molecule has 0 unspecified atom stereocenters. The molecule has 0 bridgehead atoms. The molecule has 1 aromatic heterocycles. The lowest BCUT2D eigenvalue weighted by atomic mass is 10.3. The van der Waals surface area contributed by atoms with Gasteiger partial charge in [-0.3, -0.25) is 0 Å². The number of rotatable bonds is 5. The van der Waals surface area contributed by atoms with Gasteiger partial charge in [-0.05, 0) is 24.6 Å². The SMILES string of the molecule is CCCNc1ccnc(Nc2ccc(F)c(F)c2)n1. The van der Waals surface area contributed by atoms with Gasteiger partial charge in [0.2, 0.25) is 5.95 Å². The first-order valence-corrected chi connectivity index (χ1v) is 5.98. The predicted octanol–water partition coefficient (Wildman–Crippen LogP) is 3.32. The van der Waals surface area contributed by atoms with E-state index in [0.29, 0.717) is 17.5 Å². The summed E-state index contributed by atoms with van der Waals surface area (Å²) in [7, 11) is 0. The summed E-state index contributed by atoms with van der Waals surface area (Å²) in [5, 5.41) is 5.94. The van der Waals surface area contributed by atoms with Crippen molar-refractivity contribution in [3.05, 3.63) is 42.1 Å². The Labute approximate surface area is 109 Å². The first kappa shape index (κ1) is 13.2. The van der Waals surface area contributed by atoms with Crippen molar-refractivity contribution in [2.24, 2.45) is 0 Å². The van der Waals surface area contributed by atoms with Crippen molar-refractivity contribution in [2.45, 2.75) is 13.3 Å². The van der Waals surface area contributed by atoms with E-state index in [1.165, 1.54) is 6.07 Å². The highest BCUT2D eigenvalue weighted by Crippen LogP contribution is 2.17. The number of anilines is 3. The molecule has 2 rings (SSSR count). The van der Waals surface area contributed by atoms with E-state index in [1.54, 1.807) is 12.3 Å². The summed E-state index contributed by atoms with van der Waals surface area (Å²) in [6.07, 6.45) is 2.57. The molecule has 0 radical (unpaired) electrons. The number of halogens is 2. The molecule has 1 heterocycles. The maximum Gasteiger partial charge on any atom is 0.229 e. The highest BCUT2D eigenvalue weighted by atomic mass is 19.2. The molecular weight excluding hydrogens is 250 g/mol. The largest absolute Gasteiger partial charge is 0.370 e. The van der Waals surface area contributed by atoms with Gasteiger partial charge in [0.05, 0.1) is 0 Å². The van der Waals surface area contributed by atoms with Crippen LogP contribution < -0.4 is 10.6 Å². The smallest absolute Gasteiger partial charge is 0.229 e. The zero-order valence-electron chi connectivity index (χ0n) is 10.5. The van der Waals surface area contributed by atoms with E-state index in [-0.39, 0.29) is 0 Å². The van der Waals surface area contributed by atoms with Gasteiger partial charge in [0, 0.05) is 24.5 Å². The molecule has 2 N–H and O–H groups in total. The summed E-state index contributed by atoms with van der Waals surface area (Å²) in [5.41, 5.74) is 0.395. The summed E-state index contributed by atoms with van der Waals surface area (Å²) in [6.45, 7) is 2.86.